The zero-order chi connectivity index (χ0) is 11.8. The second-order valence-electron chi connectivity index (χ2n) is 3.78. The molecule has 2 nitrogen and oxygen atoms in total. The van der Waals surface area contributed by atoms with Crippen molar-refractivity contribution in [3.63, 3.8) is 0 Å². The SMILES string of the molecule is Clc1cccc(-c2cc3cc(Br)cnc3[nH]2)c1. The maximum Gasteiger partial charge on any atom is 0.137 e. The largest absolute Gasteiger partial charge is 0.339 e. The van der Waals surface area contributed by atoms with Crippen LogP contribution in [0.3, 0.4) is 0 Å². The summed E-state index contributed by atoms with van der Waals surface area (Å²) in [6.45, 7) is 0. The molecule has 3 rings (SSSR count). The summed E-state index contributed by atoms with van der Waals surface area (Å²) in [6, 6.07) is 11.9. The molecule has 2 heterocycles. The lowest BCUT2D eigenvalue weighted by atomic mass is 10.1. The summed E-state index contributed by atoms with van der Waals surface area (Å²) in [6.07, 6.45) is 1.78. The molecule has 0 saturated heterocycles. The fraction of sp³-hybridized carbons (Fsp3) is 0. The molecule has 84 valence electrons. The van der Waals surface area contributed by atoms with Crippen molar-refractivity contribution in [2.24, 2.45) is 0 Å². The summed E-state index contributed by atoms with van der Waals surface area (Å²) in [5.41, 5.74) is 2.96. The molecular weight excluding hydrogens is 300 g/mol. The Bertz CT molecular complexity index is 691. The van der Waals surface area contributed by atoms with Crippen LogP contribution < -0.4 is 0 Å². The maximum absolute atomic E-state index is 5.98. The van der Waals surface area contributed by atoms with Gasteiger partial charge in [-0.1, -0.05) is 23.7 Å². The van der Waals surface area contributed by atoms with Gasteiger partial charge in [0.25, 0.3) is 0 Å². The van der Waals surface area contributed by atoms with E-state index in [1.165, 1.54) is 0 Å². The molecule has 0 saturated carbocycles. The van der Waals surface area contributed by atoms with Crippen molar-refractivity contribution < 1.29 is 0 Å². The van der Waals surface area contributed by atoms with Crippen LogP contribution in [0, 0.1) is 0 Å². The number of nitrogens with zero attached hydrogens (tertiary/aromatic N) is 1. The van der Waals surface area contributed by atoms with Crippen molar-refractivity contribution in [1.82, 2.24) is 9.97 Å². The Balaban J connectivity index is 2.18. The van der Waals surface area contributed by atoms with Crippen molar-refractivity contribution in [3.8, 4) is 11.3 Å². The number of nitrogens with one attached hydrogen (secondary N) is 1. The third-order valence-corrected chi connectivity index (χ3v) is 3.24. The number of benzene rings is 1. The van der Waals surface area contributed by atoms with Crippen molar-refractivity contribution >= 4 is 38.6 Å². The number of hydrogen-bond donors (Lipinski definition) is 1. The lowest BCUT2D eigenvalue weighted by molar-refractivity contribution is 1.31. The first-order chi connectivity index (χ1) is 8.22. The van der Waals surface area contributed by atoms with Crippen LogP contribution in [-0.2, 0) is 0 Å². The summed E-state index contributed by atoms with van der Waals surface area (Å²) in [4.78, 5) is 7.59. The van der Waals surface area contributed by atoms with Gasteiger partial charge in [-0.15, -0.1) is 0 Å². The molecule has 0 aliphatic carbocycles. The van der Waals surface area contributed by atoms with Gasteiger partial charge in [0.1, 0.15) is 5.65 Å². The first-order valence-corrected chi connectivity index (χ1v) is 6.30. The minimum absolute atomic E-state index is 0.732. The third kappa shape index (κ3) is 2.08. The monoisotopic (exact) mass is 306 g/mol. The average Bonchev–Trinajstić information content (AvgIpc) is 2.72. The molecule has 0 fully saturated rings. The molecule has 3 aromatic rings. The van der Waals surface area contributed by atoms with Crippen molar-refractivity contribution in [2.45, 2.75) is 0 Å². The van der Waals surface area contributed by atoms with Crippen molar-refractivity contribution in [2.75, 3.05) is 0 Å². The lowest BCUT2D eigenvalue weighted by Crippen LogP contribution is -1.77. The quantitative estimate of drug-likeness (QED) is 0.697. The zero-order valence-electron chi connectivity index (χ0n) is 8.74. The van der Waals surface area contributed by atoms with E-state index in [1.54, 1.807) is 6.20 Å². The number of pyridine rings is 1. The topological polar surface area (TPSA) is 28.7 Å². The maximum atomic E-state index is 5.98. The number of aromatic amines is 1. The highest BCUT2D eigenvalue weighted by Gasteiger charge is 2.04. The Morgan fingerprint density at radius 2 is 2.06 bits per heavy atom. The molecule has 0 atom stereocenters. The van der Waals surface area contributed by atoms with E-state index in [4.69, 9.17) is 11.6 Å². The van der Waals surface area contributed by atoms with Gasteiger partial charge in [0.2, 0.25) is 0 Å². The zero-order valence-corrected chi connectivity index (χ0v) is 11.1. The van der Waals surface area contributed by atoms with Gasteiger partial charge in [-0.2, -0.15) is 0 Å². The molecule has 1 N–H and O–H groups in total. The molecule has 0 aliphatic heterocycles. The molecule has 0 unspecified atom stereocenters. The van der Waals surface area contributed by atoms with Gasteiger partial charge in [0.05, 0.1) is 0 Å². The van der Waals surface area contributed by atoms with Crippen LogP contribution >= 0.6 is 27.5 Å². The Morgan fingerprint density at radius 3 is 2.88 bits per heavy atom. The Morgan fingerprint density at radius 1 is 1.18 bits per heavy atom. The van der Waals surface area contributed by atoms with Gasteiger partial charge in [-0.3, -0.25) is 0 Å². The lowest BCUT2D eigenvalue weighted by Gasteiger charge is -1.97. The van der Waals surface area contributed by atoms with E-state index in [0.717, 1.165) is 31.8 Å². The van der Waals surface area contributed by atoms with E-state index in [2.05, 4.69) is 32.0 Å². The normalized spacial score (nSPS) is 10.9. The minimum atomic E-state index is 0.732. The van der Waals surface area contributed by atoms with Gasteiger partial charge in [0, 0.05) is 26.8 Å². The fourth-order valence-corrected chi connectivity index (χ4v) is 2.34. The number of fused-ring (bicyclic) bond motifs is 1. The smallest absolute Gasteiger partial charge is 0.137 e. The van der Waals surface area contributed by atoms with Gasteiger partial charge in [0.15, 0.2) is 0 Å². The molecule has 2 aromatic heterocycles. The van der Waals surface area contributed by atoms with Crippen LogP contribution in [0.1, 0.15) is 0 Å². The number of halogens is 2. The Kier molecular flexibility index (Phi) is 2.65. The number of aromatic nitrogens is 2. The fourth-order valence-electron chi connectivity index (χ4n) is 1.80. The minimum Gasteiger partial charge on any atom is -0.339 e. The van der Waals surface area contributed by atoms with Crippen LogP contribution in [0.5, 0.6) is 0 Å². The highest BCUT2D eigenvalue weighted by atomic mass is 79.9. The van der Waals surface area contributed by atoms with Crippen LogP contribution in [0.15, 0.2) is 47.1 Å². The number of hydrogen-bond acceptors (Lipinski definition) is 1. The van der Waals surface area contributed by atoms with Crippen molar-refractivity contribution in [3.05, 3.63) is 52.1 Å². The molecule has 0 aliphatic rings. The standard InChI is InChI=1S/C13H8BrClN2/c14-10-4-9-6-12(17-13(9)16-7-10)8-2-1-3-11(15)5-8/h1-7H,(H,16,17). The van der Waals surface area contributed by atoms with Crippen molar-refractivity contribution in [1.29, 1.82) is 0 Å². The van der Waals surface area contributed by atoms with E-state index in [-0.39, 0.29) is 0 Å². The molecule has 0 amide bonds. The van der Waals surface area contributed by atoms with Gasteiger partial charge >= 0.3 is 0 Å². The molecule has 1 aromatic carbocycles. The van der Waals surface area contributed by atoms with Crippen LogP contribution in [0.25, 0.3) is 22.3 Å². The molecule has 4 heteroatoms. The highest BCUT2D eigenvalue weighted by Crippen LogP contribution is 2.26. The molecule has 17 heavy (non-hydrogen) atoms. The summed E-state index contributed by atoms with van der Waals surface area (Å²) in [5, 5.41) is 1.81. The van der Waals surface area contributed by atoms with Gasteiger partial charge in [-0.05, 0) is 45.8 Å². The predicted octanol–water partition coefficient (Wildman–Crippen LogP) is 4.65. The Hall–Kier alpha value is -1.32. The summed E-state index contributed by atoms with van der Waals surface area (Å²) >= 11 is 9.39. The summed E-state index contributed by atoms with van der Waals surface area (Å²) < 4.78 is 0.974. The predicted molar refractivity (Wildman–Crippen MR) is 74.2 cm³/mol. The van der Waals surface area contributed by atoms with Gasteiger partial charge in [-0.25, -0.2) is 4.98 Å². The van der Waals surface area contributed by atoms with E-state index in [1.807, 2.05) is 30.3 Å². The summed E-state index contributed by atoms with van der Waals surface area (Å²) in [7, 11) is 0. The van der Waals surface area contributed by atoms with Crippen LogP contribution in [0.4, 0.5) is 0 Å². The molecule has 0 radical (unpaired) electrons. The highest BCUT2D eigenvalue weighted by molar-refractivity contribution is 9.10. The first kappa shape index (κ1) is 10.8. The second-order valence-corrected chi connectivity index (χ2v) is 5.14. The van der Waals surface area contributed by atoms with Crippen LogP contribution in [-0.4, -0.2) is 9.97 Å². The molecular formula is C13H8BrClN2. The number of H-pyrrole nitrogens is 1. The van der Waals surface area contributed by atoms with E-state index < -0.39 is 0 Å². The molecule has 0 spiro atoms. The molecule has 0 bridgehead atoms. The third-order valence-electron chi connectivity index (χ3n) is 2.57. The Labute approximate surface area is 112 Å². The summed E-state index contributed by atoms with van der Waals surface area (Å²) in [5.74, 6) is 0. The van der Waals surface area contributed by atoms with Gasteiger partial charge < -0.3 is 4.98 Å². The second kappa shape index (κ2) is 4.17. The van der Waals surface area contributed by atoms with E-state index in [9.17, 15) is 0 Å². The number of rotatable bonds is 1. The van der Waals surface area contributed by atoms with E-state index in [0.29, 0.717) is 0 Å². The first-order valence-electron chi connectivity index (χ1n) is 5.12. The van der Waals surface area contributed by atoms with E-state index >= 15 is 0 Å². The average molecular weight is 308 g/mol. The van der Waals surface area contributed by atoms with Crippen LogP contribution in [0.2, 0.25) is 5.02 Å².